The first kappa shape index (κ1) is 17.4. The van der Waals surface area contributed by atoms with Gasteiger partial charge >= 0.3 is 0 Å². The van der Waals surface area contributed by atoms with Crippen molar-refractivity contribution in [2.24, 2.45) is 0 Å². The number of nitrogens with zero attached hydrogens (tertiary/aromatic N) is 3. The van der Waals surface area contributed by atoms with E-state index >= 15 is 0 Å². The van der Waals surface area contributed by atoms with Gasteiger partial charge in [-0.25, -0.2) is 8.42 Å². The molecule has 1 atom stereocenters. The monoisotopic (exact) mass is 378 g/mol. The molecule has 3 heterocycles. The molecule has 3 aliphatic heterocycles. The van der Waals surface area contributed by atoms with Gasteiger partial charge in [-0.2, -0.15) is 4.31 Å². The van der Waals surface area contributed by atoms with Gasteiger partial charge in [0.05, 0.1) is 11.3 Å². The zero-order valence-corrected chi connectivity index (χ0v) is 15.5. The minimum absolute atomic E-state index is 0.0427. The molecule has 140 valence electrons. The molecule has 1 unspecified atom stereocenters. The van der Waals surface area contributed by atoms with E-state index in [4.69, 9.17) is 0 Å². The van der Waals surface area contributed by atoms with Crippen molar-refractivity contribution in [3.8, 4) is 0 Å². The van der Waals surface area contributed by atoms with Gasteiger partial charge in [0, 0.05) is 45.5 Å². The Morgan fingerprint density at radius 2 is 1.96 bits per heavy atom. The number of amides is 2. The van der Waals surface area contributed by atoms with Crippen LogP contribution in [0.1, 0.15) is 12.0 Å². The summed E-state index contributed by atoms with van der Waals surface area (Å²) in [5, 5.41) is 2.82. The Hall–Kier alpha value is -1.97. The largest absolute Gasteiger partial charge is 0.353 e. The number of rotatable bonds is 2. The highest BCUT2D eigenvalue weighted by Gasteiger charge is 2.38. The van der Waals surface area contributed by atoms with Crippen molar-refractivity contribution in [1.29, 1.82) is 0 Å². The quantitative estimate of drug-likeness (QED) is 0.742. The lowest BCUT2D eigenvalue weighted by Gasteiger charge is -2.34. The molecular formula is C17H22N4O4S. The number of piperazine rings is 1. The summed E-state index contributed by atoms with van der Waals surface area (Å²) in [4.78, 5) is 27.8. The van der Waals surface area contributed by atoms with Gasteiger partial charge in [0.15, 0.2) is 0 Å². The van der Waals surface area contributed by atoms with Crippen LogP contribution in [0.3, 0.4) is 0 Å². The maximum atomic E-state index is 13.2. The molecule has 3 aliphatic rings. The number of nitrogens with one attached hydrogen (secondary N) is 1. The molecular weight excluding hydrogens is 356 g/mol. The summed E-state index contributed by atoms with van der Waals surface area (Å²) >= 11 is 0. The van der Waals surface area contributed by atoms with Crippen LogP contribution in [0, 0.1) is 0 Å². The molecule has 2 amide bonds. The summed E-state index contributed by atoms with van der Waals surface area (Å²) in [7, 11) is -2.03. The van der Waals surface area contributed by atoms with Crippen molar-refractivity contribution in [1.82, 2.24) is 14.5 Å². The number of sulfonamides is 1. The first-order valence-corrected chi connectivity index (χ1v) is 10.2. The predicted molar refractivity (Wildman–Crippen MR) is 95.3 cm³/mol. The lowest BCUT2D eigenvalue weighted by atomic mass is 10.2. The smallest absolute Gasteiger partial charge is 0.243 e. The van der Waals surface area contributed by atoms with E-state index < -0.39 is 16.1 Å². The molecule has 1 aromatic carbocycles. The standard InChI is InChI=1S/C17H22N4O4S/c1-19-14-4-3-13(9-12(14)10-16(19)22)26(24,25)21-7-2-6-20-8-5-18-17(23)15(20)11-21/h3-4,9,15H,2,5-8,10-11H2,1H3,(H,18,23). The number of anilines is 1. The average Bonchev–Trinajstić information content (AvgIpc) is 2.78. The van der Waals surface area contributed by atoms with Crippen LogP contribution >= 0.6 is 0 Å². The van der Waals surface area contributed by atoms with Crippen LogP contribution in [-0.4, -0.2) is 75.3 Å². The molecule has 0 saturated carbocycles. The molecule has 8 nitrogen and oxygen atoms in total. The normalized spacial score (nSPS) is 24.8. The van der Waals surface area contributed by atoms with E-state index in [2.05, 4.69) is 10.2 Å². The maximum absolute atomic E-state index is 13.2. The highest BCUT2D eigenvalue weighted by Crippen LogP contribution is 2.31. The van der Waals surface area contributed by atoms with Crippen molar-refractivity contribution >= 4 is 27.5 Å². The van der Waals surface area contributed by atoms with E-state index in [1.54, 1.807) is 30.1 Å². The van der Waals surface area contributed by atoms with Gasteiger partial charge in [-0.05, 0) is 30.2 Å². The molecule has 0 spiro atoms. The maximum Gasteiger partial charge on any atom is 0.243 e. The number of likely N-dealkylation sites (N-methyl/N-ethyl adjacent to an activating group) is 1. The van der Waals surface area contributed by atoms with Gasteiger partial charge in [-0.15, -0.1) is 0 Å². The van der Waals surface area contributed by atoms with Crippen LogP contribution in [0.5, 0.6) is 0 Å². The topological polar surface area (TPSA) is 90.0 Å². The van der Waals surface area contributed by atoms with Gasteiger partial charge in [0.1, 0.15) is 6.04 Å². The lowest BCUT2D eigenvalue weighted by molar-refractivity contribution is -0.128. The Labute approximate surface area is 152 Å². The Bertz CT molecular complexity index is 870. The number of carbonyl (C=O) groups excluding carboxylic acids is 2. The Morgan fingerprint density at radius 3 is 2.77 bits per heavy atom. The van der Waals surface area contributed by atoms with E-state index in [9.17, 15) is 18.0 Å². The Morgan fingerprint density at radius 1 is 1.15 bits per heavy atom. The van der Waals surface area contributed by atoms with E-state index in [0.29, 0.717) is 26.1 Å². The fraction of sp³-hybridized carbons (Fsp3) is 0.529. The van der Waals surface area contributed by atoms with Crippen LogP contribution in [-0.2, 0) is 26.0 Å². The van der Waals surface area contributed by atoms with Crippen molar-refractivity contribution in [3.05, 3.63) is 23.8 Å². The summed E-state index contributed by atoms with van der Waals surface area (Å²) in [6, 6.07) is 4.38. The third-order valence-electron chi connectivity index (χ3n) is 5.44. The second kappa shape index (κ2) is 6.33. The van der Waals surface area contributed by atoms with Crippen LogP contribution in [0.4, 0.5) is 5.69 Å². The number of benzene rings is 1. The summed E-state index contributed by atoms with van der Waals surface area (Å²) in [6.07, 6.45) is 0.906. The van der Waals surface area contributed by atoms with Gasteiger partial charge in [-0.1, -0.05) is 0 Å². The fourth-order valence-electron chi connectivity index (χ4n) is 3.94. The molecule has 4 rings (SSSR count). The van der Waals surface area contributed by atoms with Crippen LogP contribution in [0.25, 0.3) is 0 Å². The predicted octanol–water partition coefficient (Wildman–Crippen LogP) is -0.600. The summed E-state index contributed by atoms with van der Waals surface area (Å²) in [5.41, 5.74) is 1.48. The van der Waals surface area contributed by atoms with Crippen molar-refractivity contribution in [3.63, 3.8) is 0 Å². The first-order chi connectivity index (χ1) is 12.4. The molecule has 1 aromatic rings. The fourth-order valence-corrected chi connectivity index (χ4v) is 5.47. The summed E-state index contributed by atoms with van der Waals surface area (Å²) in [5.74, 6) is -0.154. The SMILES string of the molecule is CN1C(=O)Cc2cc(S(=O)(=O)N3CCCN4CCNC(=O)C4C3)ccc21. The van der Waals surface area contributed by atoms with Gasteiger partial charge < -0.3 is 10.2 Å². The first-order valence-electron chi connectivity index (χ1n) is 8.79. The van der Waals surface area contributed by atoms with Crippen LogP contribution < -0.4 is 10.2 Å². The molecule has 26 heavy (non-hydrogen) atoms. The highest BCUT2D eigenvalue weighted by molar-refractivity contribution is 7.89. The highest BCUT2D eigenvalue weighted by atomic mass is 32.2. The summed E-state index contributed by atoms with van der Waals surface area (Å²) < 4.78 is 27.7. The number of fused-ring (bicyclic) bond motifs is 2. The molecule has 2 fully saturated rings. The number of hydrogen-bond donors (Lipinski definition) is 1. The van der Waals surface area contributed by atoms with Gasteiger partial charge in [0.2, 0.25) is 21.8 Å². The van der Waals surface area contributed by atoms with E-state index in [0.717, 1.165) is 17.8 Å². The lowest BCUT2D eigenvalue weighted by Crippen LogP contribution is -2.58. The van der Waals surface area contributed by atoms with E-state index in [-0.39, 0.29) is 29.7 Å². The van der Waals surface area contributed by atoms with Crippen molar-refractivity contribution in [2.75, 3.05) is 44.7 Å². The Balaban J connectivity index is 1.63. The molecule has 9 heteroatoms. The molecule has 0 aliphatic carbocycles. The van der Waals surface area contributed by atoms with Gasteiger partial charge in [-0.3, -0.25) is 14.5 Å². The molecule has 2 saturated heterocycles. The minimum atomic E-state index is -3.72. The minimum Gasteiger partial charge on any atom is -0.353 e. The molecule has 0 bridgehead atoms. The van der Waals surface area contributed by atoms with Crippen LogP contribution in [0.2, 0.25) is 0 Å². The van der Waals surface area contributed by atoms with E-state index in [1.165, 1.54) is 4.31 Å². The summed E-state index contributed by atoms with van der Waals surface area (Å²) in [6.45, 7) is 2.61. The molecule has 0 aromatic heterocycles. The second-order valence-electron chi connectivity index (χ2n) is 6.98. The van der Waals surface area contributed by atoms with E-state index in [1.807, 2.05) is 0 Å². The zero-order valence-electron chi connectivity index (χ0n) is 14.6. The number of hydrogen-bond acceptors (Lipinski definition) is 5. The average molecular weight is 378 g/mol. The third kappa shape index (κ3) is 2.80. The van der Waals surface area contributed by atoms with Crippen molar-refractivity contribution < 1.29 is 18.0 Å². The Kier molecular flexibility index (Phi) is 4.25. The van der Waals surface area contributed by atoms with Crippen LogP contribution in [0.15, 0.2) is 23.1 Å². The molecule has 1 N–H and O–H groups in total. The second-order valence-corrected chi connectivity index (χ2v) is 8.92. The van der Waals surface area contributed by atoms with Gasteiger partial charge in [0.25, 0.3) is 0 Å². The third-order valence-corrected chi connectivity index (χ3v) is 7.30. The zero-order chi connectivity index (χ0) is 18.5. The number of carbonyl (C=O) groups is 2. The molecule has 0 radical (unpaired) electrons. The van der Waals surface area contributed by atoms with Crippen molar-refractivity contribution in [2.45, 2.75) is 23.8 Å².